The molecule has 0 bridgehead atoms. The minimum Gasteiger partial charge on any atom is -0.343 e. The van der Waals surface area contributed by atoms with Crippen molar-refractivity contribution in [1.29, 1.82) is 0 Å². The zero-order chi connectivity index (χ0) is 17.4. The molecular formula is C16H15BrN4O2S. The topological polar surface area (TPSA) is 82.3 Å². The second-order valence-corrected chi connectivity index (χ2v) is 6.01. The Hall–Kier alpha value is -2.45. The molecule has 0 aliphatic rings. The van der Waals surface area contributed by atoms with Crippen LogP contribution < -0.4 is 21.5 Å². The number of thiocarbonyl (C=S) groups is 1. The highest BCUT2D eigenvalue weighted by Crippen LogP contribution is 2.11. The summed E-state index contributed by atoms with van der Waals surface area (Å²) in [7, 11) is 0. The maximum Gasteiger partial charge on any atom is 0.257 e. The quantitative estimate of drug-likeness (QED) is 0.462. The normalized spacial score (nSPS) is 9.71. The molecule has 0 fully saturated rings. The zero-order valence-electron chi connectivity index (χ0n) is 12.5. The second-order valence-electron chi connectivity index (χ2n) is 4.69. The number of hydrogen-bond acceptors (Lipinski definition) is 3. The minimum atomic E-state index is -0.421. The minimum absolute atomic E-state index is 0.174. The molecule has 2 aromatic rings. The lowest BCUT2D eigenvalue weighted by atomic mass is 10.2. The van der Waals surface area contributed by atoms with E-state index in [9.17, 15) is 9.59 Å². The Morgan fingerprint density at radius 1 is 1.00 bits per heavy atom. The van der Waals surface area contributed by atoms with Crippen molar-refractivity contribution in [3.63, 3.8) is 0 Å². The number of carbonyl (C=O) groups is 2. The molecule has 0 radical (unpaired) electrons. The van der Waals surface area contributed by atoms with Crippen LogP contribution in [0.2, 0.25) is 0 Å². The number of carbonyl (C=O) groups excluding carboxylic acids is 2. The Bertz CT molecular complexity index is 740. The van der Waals surface area contributed by atoms with Gasteiger partial charge in [0.2, 0.25) is 0 Å². The van der Waals surface area contributed by atoms with Gasteiger partial charge in [-0.15, -0.1) is 0 Å². The number of hydrazine groups is 1. The summed E-state index contributed by atoms with van der Waals surface area (Å²) in [6.45, 7) is -0.174. The average molecular weight is 407 g/mol. The molecule has 124 valence electrons. The van der Waals surface area contributed by atoms with Crippen LogP contribution in [-0.2, 0) is 4.79 Å². The van der Waals surface area contributed by atoms with E-state index in [1.807, 2.05) is 36.4 Å². The van der Waals surface area contributed by atoms with Gasteiger partial charge in [0.25, 0.3) is 11.8 Å². The summed E-state index contributed by atoms with van der Waals surface area (Å²) in [4.78, 5) is 23.6. The van der Waals surface area contributed by atoms with Crippen LogP contribution in [0.15, 0.2) is 59.1 Å². The number of halogens is 1. The van der Waals surface area contributed by atoms with Crippen molar-refractivity contribution in [2.24, 2.45) is 0 Å². The van der Waals surface area contributed by atoms with E-state index >= 15 is 0 Å². The number of benzene rings is 2. The molecule has 0 aliphatic carbocycles. The Morgan fingerprint density at radius 2 is 1.75 bits per heavy atom. The molecule has 0 saturated heterocycles. The number of amides is 2. The summed E-state index contributed by atoms with van der Waals surface area (Å²) >= 11 is 8.34. The van der Waals surface area contributed by atoms with E-state index in [2.05, 4.69) is 37.4 Å². The van der Waals surface area contributed by atoms with E-state index in [0.717, 1.165) is 10.2 Å². The molecule has 8 heteroatoms. The van der Waals surface area contributed by atoms with Crippen LogP contribution in [0.25, 0.3) is 0 Å². The number of anilines is 1. The molecule has 2 aromatic carbocycles. The molecule has 0 aromatic heterocycles. The van der Waals surface area contributed by atoms with Gasteiger partial charge in [-0.25, -0.2) is 0 Å². The maximum atomic E-state index is 11.9. The monoisotopic (exact) mass is 406 g/mol. The van der Waals surface area contributed by atoms with E-state index in [1.165, 1.54) is 0 Å². The van der Waals surface area contributed by atoms with Crippen LogP contribution in [0.4, 0.5) is 5.69 Å². The van der Waals surface area contributed by atoms with Crippen molar-refractivity contribution in [1.82, 2.24) is 16.2 Å². The van der Waals surface area contributed by atoms with Gasteiger partial charge < -0.3 is 10.6 Å². The highest BCUT2D eigenvalue weighted by molar-refractivity contribution is 9.10. The first-order chi connectivity index (χ1) is 11.5. The molecule has 4 N–H and O–H groups in total. The SMILES string of the molecule is O=C(CNC(=O)c1cccc(Br)c1)NNC(=S)Nc1ccccc1. The van der Waals surface area contributed by atoms with Gasteiger partial charge in [-0.2, -0.15) is 0 Å². The summed E-state index contributed by atoms with van der Waals surface area (Å²) in [6.07, 6.45) is 0. The van der Waals surface area contributed by atoms with Crippen molar-refractivity contribution >= 4 is 50.8 Å². The molecule has 0 atom stereocenters. The van der Waals surface area contributed by atoms with Crippen LogP contribution in [-0.4, -0.2) is 23.5 Å². The molecule has 0 aliphatic heterocycles. The third-order valence-electron chi connectivity index (χ3n) is 2.84. The predicted octanol–water partition coefficient (Wildman–Crippen LogP) is 2.20. The van der Waals surface area contributed by atoms with E-state index in [-0.39, 0.29) is 17.6 Å². The first kappa shape index (κ1) is 17.9. The molecule has 0 saturated carbocycles. The number of para-hydroxylation sites is 1. The largest absolute Gasteiger partial charge is 0.343 e. The third kappa shape index (κ3) is 5.98. The van der Waals surface area contributed by atoms with E-state index < -0.39 is 5.91 Å². The summed E-state index contributed by atoms with van der Waals surface area (Å²) in [6, 6.07) is 16.2. The lowest BCUT2D eigenvalue weighted by Crippen LogP contribution is -2.47. The highest BCUT2D eigenvalue weighted by Gasteiger charge is 2.08. The summed E-state index contributed by atoms with van der Waals surface area (Å²) in [5.41, 5.74) is 6.23. The smallest absolute Gasteiger partial charge is 0.257 e. The first-order valence-corrected chi connectivity index (χ1v) is 8.19. The lowest BCUT2D eigenvalue weighted by molar-refractivity contribution is -0.120. The van der Waals surface area contributed by atoms with Crippen LogP contribution in [0, 0.1) is 0 Å². The van der Waals surface area contributed by atoms with Crippen LogP contribution in [0.5, 0.6) is 0 Å². The average Bonchev–Trinajstić information content (AvgIpc) is 2.58. The molecular weight excluding hydrogens is 392 g/mol. The second kappa shape index (κ2) is 8.99. The van der Waals surface area contributed by atoms with Crippen molar-refractivity contribution in [2.75, 3.05) is 11.9 Å². The van der Waals surface area contributed by atoms with Gasteiger partial charge in [0.1, 0.15) is 0 Å². The van der Waals surface area contributed by atoms with Crippen LogP contribution >= 0.6 is 28.1 Å². The lowest BCUT2D eigenvalue weighted by Gasteiger charge is -2.12. The number of rotatable bonds is 4. The fourth-order valence-corrected chi connectivity index (χ4v) is 2.31. The van der Waals surface area contributed by atoms with Gasteiger partial charge >= 0.3 is 0 Å². The Morgan fingerprint density at radius 3 is 2.46 bits per heavy atom. The molecule has 0 heterocycles. The van der Waals surface area contributed by atoms with Gasteiger partial charge in [0.05, 0.1) is 6.54 Å². The summed E-state index contributed by atoms with van der Waals surface area (Å²) < 4.78 is 0.790. The number of hydrogen-bond donors (Lipinski definition) is 4. The third-order valence-corrected chi connectivity index (χ3v) is 3.54. The van der Waals surface area contributed by atoms with Gasteiger partial charge in [-0.3, -0.25) is 20.4 Å². The number of nitrogens with one attached hydrogen (secondary N) is 4. The van der Waals surface area contributed by atoms with Crippen LogP contribution in [0.1, 0.15) is 10.4 Å². The molecule has 0 unspecified atom stereocenters. The fraction of sp³-hybridized carbons (Fsp3) is 0.0625. The predicted molar refractivity (Wildman–Crippen MR) is 100 cm³/mol. The maximum absolute atomic E-state index is 11.9. The first-order valence-electron chi connectivity index (χ1n) is 6.99. The van der Waals surface area contributed by atoms with Gasteiger partial charge in [0.15, 0.2) is 5.11 Å². The van der Waals surface area contributed by atoms with Crippen LogP contribution in [0.3, 0.4) is 0 Å². The van der Waals surface area contributed by atoms with Gasteiger partial charge in [-0.05, 0) is 42.5 Å². The zero-order valence-corrected chi connectivity index (χ0v) is 14.9. The summed E-state index contributed by atoms with van der Waals surface area (Å²) in [5, 5.41) is 5.67. The Labute approximate surface area is 153 Å². The Balaban J connectivity index is 1.71. The molecule has 0 spiro atoms. The van der Waals surface area contributed by atoms with Crippen molar-refractivity contribution in [3.05, 3.63) is 64.6 Å². The Kier molecular flexibility index (Phi) is 6.71. The van der Waals surface area contributed by atoms with Gasteiger partial charge in [0, 0.05) is 15.7 Å². The molecule has 2 amide bonds. The molecule has 2 rings (SSSR count). The summed E-state index contributed by atoms with van der Waals surface area (Å²) in [5.74, 6) is -0.757. The molecule has 24 heavy (non-hydrogen) atoms. The van der Waals surface area contributed by atoms with E-state index in [1.54, 1.807) is 18.2 Å². The van der Waals surface area contributed by atoms with Crippen molar-refractivity contribution < 1.29 is 9.59 Å². The fourth-order valence-electron chi connectivity index (χ4n) is 1.75. The molecule has 6 nitrogen and oxygen atoms in total. The van der Waals surface area contributed by atoms with E-state index in [0.29, 0.717) is 5.56 Å². The highest BCUT2D eigenvalue weighted by atomic mass is 79.9. The van der Waals surface area contributed by atoms with E-state index in [4.69, 9.17) is 12.2 Å². The van der Waals surface area contributed by atoms with Crippen molar-refractivity contribution in [2.45, 2.75) is 0 Å². The standard InChI is InChI=1S/C16H15BrN4O2S/c17-12-6-4-5-11(9-12)15(23)18-10-14(22)20-21-16(24)19-13-7-2-1-3-8-13/h1-9H,10H2,(H,18,23)(H,20,22)(H2,19,21,24). The van der Waals surface area contributed by atoms with Crippen molar-refractivity contribution in [3.8, 4) is 0 Å². The van der Waals surface area contributed by atoms with Gasteiger partial charge in [-0.1, -0.05) is 40.2 Å².